The SMILES string of the molecule is Nc1cc(Cl)c(CCN2CCN(c3nsc4ccccc34)CC2)cc1C(=O)O. The Labute approximate surface area is 172 Å². The molecule has 8 heteroatoms. The lowest BCUT2D eigenvalue weighted by Crippen LogP contribution is -2.47. The number of anilines is 2. The molecular formula is C20H21ClN4O2S. The van der Waals surface area contributed by atoms with Crippen LogP contribution in [0.2, 0.25) is 5.02 Å². The molecule has 1 aliphatic heterocycles. The van der Waals surface area contributed by atoms with Gasteiger partial charge in [0.05, 0.1) is 10.3 Å². The Balaban J connectivity index is 1.38. The molecule has 1 aromatic heterocycles. The summed E-state index contributed by atoms with van der Waals surface area (Å²) in [5, 5.41) is 11.0. The number of carbonyl (C=O) groups is 1. The topological polar surface area (TPSA) is 82.7 Å². The number of hydrogen-bond donors (Lipinski definition) is 2. The third-order valence-corrected chi connectivity index (χ3v) is 6.35. The average molecular weight is 417 g/mol. The van der Waals surface area contributed by atoms with Crippen molar-refractivity contribution in [2.45, 2.75) is 6.42 Å². The number of nitrogens with zero attached hydrogens (tertiary/aromatic N) is 3. The smallest absolute Gasteiger partial charge is 0.337 e. The zero-order chi connectivity index (χ0) is 19.7. The Kier molecular flexibility index (Phi) is 5.39. The Morgan fingerprint density at radius 3 is 2.71 bits per heavy atom. The summed E-state index contributed by atoms with van der Waals surface area (Å²) in [6.45, 7) is 4.54. The fourth-order valence-electron chi connectivity index (χ4n) is 3.57. The van der Waals surface area contributed by atoms with Gasteiger partial charge in [-0.25, -0.2) is 4.79 Å². The van der Waals surface area contributed by atoms with Crippen LogP contribution in [0.5, 0.6) is 0 Å². The van der Waals surface area contributed by atoms with E-state index >= 15 is 0 Å². The van der Waals surface area contributed by atoms with Gasteiger partial charge in [0.1, 0.15) is 5.82 Å². The lowest BCUT2D eigenvalue weighted by atomic mass is 10.1. The third kappa shape index (κ3) is 3.78. The second-order valence-corrected chi connectivity index (χ2v) is 8.13. The number of carboxylic acids is 1. The molecule has 0 amide bonds. The second kappa shape index (κ2) is 7.95. The molecule has 3 N–H and O–H groups in total. The zero-order valence-corrected chi connectivity index (χ0v) is 16.8. The van der Waals surface area contributed by atoms with Gasteiger partial charge in [0.2, 0.25) is 0 Å². The largest absolute Gasteiger partial charge is 0.478 e. The van der Waals surface area contributed by atoms with Gasteiger partial charge in [0.25, 0.3) is 0 Å². The van der Waals surface area contributed by atoms with E-state index in [0.29, 0.717) is 11.4 Å². The van der Waals surface area contributed by atoms with E-state index in [2.05, 4.69) is 32.4 Å². The molecule has 4 rings (SSSR count). The molecule has 1 saturated heterocycles. The van der Waals surface area contributed by atoms with Crippen molar-refractivity contribution in [3.05, 3.63) is 52.5 Å². The lowest BCUT2D eigenvalue weighted by Gasteiger charge is -2.35. The van der Waals surface area contributed by atoms with Crippen molar-refractivity contribution < 1.29 is 9.90 Å². The Bertz CT molecular complexity index is 1010. The van der Waals surface area contributed by atoms with E-state index in [1.54, 1.807) is 17.6 Å². The Morgan fingerprint density at radius 1 is 1.21 bits per heavy atom. The zero-order valence-electron chi connectivity index (χ0n) is 15.3. The second-order valence-electron chi connectivity index (χ2n) is 6.92. The number of fused-ring (bicyclic) bond motifs is 1. The van der Waals surface area contributed by atoms with Gasteiger partial charge in [-0.05, 0) is 47.8 Å². The van der Waals surface area contributed by atoms with Gasteiger partial charge in [0, 0.05) is 48.8 Å². The highest BCUT2D eigenvalue weighted by atomic mass is 35.5. The van der Waals surface area contributed by atoms with Gasteiger partial charge in [-0.1, -0.05) is 23.7 Å². The molecule has 2 aromatic carbocycles. The van der Waals surface area contributed by atoms with E-state index in [1.165, 1.54) is 16.2 Å². The first kappa shape index (κ1) is 19.0. The summed E-state index contributed by atoms with van der Waals surface area (Å²) in [7, 11) is 0. The molecule has 1 aliphatic rings. The van der Waals surface area contributed by atoms with Gasteiger partial charge in [-0.3, -0.25) is 4.90 Å². The van der Waals surface area contributed by atoms with Crippen LogP contribution in [0.25, 0.3) is 10.1 Å². The molecule has 1 fully saturated rings. The average Bonchev–Trinajstić information content (AvgIpc) is 3.11. The molecule has 0 bridgehead atoms. The number of rotatable bonds is 5. The van der Waals surface area contributed by atoms with Gasteiger partial charge >= 0.3 is 5.97 Å². The number of nitrogens with two attached hydrogens (primary N) is 1. The van der Waals surface area contributed by atoms with Gasteiger partial charge < -0.3 is 15.7 Å². The molecule has 0 atom stereocenters. The van der Waals surface area contributed by atoms with Crippen LogP contribution < -0.4 is 10.6 Å². The molecule has 0 saturated carbocycles. The number of piperazine rings is 1. The maximum absolute atomic E-state index is 11.3. The maximum Gasteiger partial charge on any atom is 0.337 e. The molecule has 0 radical (unpaired) electrons. The molecule has 28 heavy (non-hydrogen) atoms. The third-order valence-electron chi connectivity index (χ3n) is 5.18. The van der Waals surface area contributed by atoms with Crippen LogP contribution in [-0.4, -0.2) is 53.1 Å². The van der Waals surface area contributed by atoms with E-state index in [0.717, 1.165) is 44.1 Å². The summed E-state index contributed by atoms with van der Waals surface area (Å²) in [6, 6.07) is 11.5. The quantitative estimate of drug-likeness (QED) is 0.618. The Morgan fingerprint density at radius 2 is 1.96 bits per heavy atom. The molecule has 6 nitrogen and oxygen atoms in total. The van der Waals surface area contributed by atoms with Crippen LogP contribution in [0.4, 0.5) is 11.5 Å². The fourth-order valence-corrected chi connectivity index (χ4v) is 4.64. The standard InChI is InChI=1S/C20H21ClN4O2S/c21-16-12-17(22)15(20(26)27)11-13(16)5-6-24-7-9-25(10-8-24)19-14-3-1-2-4-18(14)28-23-19/h1-4,11-12H,5-10,22H2,(H,26,27). The van der Waals surface area contributed by atoms with Gasteiger partial charge in [-0.2, -0.15) is 4.37 Å². The lowest BCUT2D eigenvalue weighted by molar-refractivity contribution is 0.0698. The number of aromatic nitrogens is 1. The van der Waals surface area contributed by atoms with Crippen LogP contribution in [0.15, 0.2) is 36.4 Å². The first-order chi connectivity index (χ1) is 13.5. The van der Waals surface area contributed by atoms with Crippen LogP contribution >= 0.6 is 23.1 Å². The van der Waals surface area contributed by atoms with Crippen molar-refractivity contribution in [1.82, 2.24) is 9.27 Å². The van der Waals surface area contributed by atoms with Crippen molar-refractivity contribution in [1.29, 1.82) is 0 Å². The molecule has 2 heterocycles. The fraction of sp³-hybridized carbons (Fsp3) is 0.300. The van der Waals surface area contributed by atoms with Gasteiger partial charge in [0.15, 0.2) is 0 Å². The summed E-state index contributed by atoms with van der Waals surface area (Å²) in [5.74, 6) is 0.0486. The summed E-state index contributed by atoms with van der Waals surface area (Å²) >= 11 is 7.81. The van der Waals surface area contributed by atoms with Crippen LogP contribution in [-0.2, 0) is 6.42 Å². The predicted octanol–water partition coefficient (Wildman–Crippen LogP) is 3.59. The van der Waals surface area contributed by atoms with E-state index in [9.17, 15) is 9.90 Å². The minimum atomic E-state index is -1.03. The minimum absolute atomic E-state index is 0.111. The van der Waals surface area contributed by atoms with Crippen LogP contribution in [0.3, 0.4) is 0 Å². The monoisotopic (exact) mass is 416 g/mol. The normalized spacial score (nSPS) is 15.2. The van der Waals surface area contributed by atoms with Crippen molar-refractivity contribution >= 4 is 50.7 Å². The molecule has 0 aliphatic carbocycles. The van der Waals surface area contributed by atoms with Crippen LogP contribution in [0, 0.1) is 0 Å². The maximum atomic E-state index is 11.3. The van der Waals surface area contributed by atoms with E-state index in [1.807, 2.05) is 6.07 Å². The van der Waals surface area contributed by atoms with Crippen molar-refractivity contribution in [2.75, 3.05) is 43.4 Å². The number of hydrogen-bond acceptors (Lipinski definition) is 6. The predicted molar refractivity (Wildman–Crippen MR) is 115 cm³/mol. The molecule has 146 valence electrons. The van der Waals surface area contributed by atoms with E-state index in [4.69, 9.17) is 17.3 Å². The molecular weight excluding hydrogens is 396 g/mol. The van der Waals surface area contributed by atoms with Crippen molar-refractivity contribution in [3.8, 4) is 0 Å². The minimum Gasteiger partial charge on any atom is -0.478 e. The van der Waals surface area contributed by atoms with E-state index in [-0.39, 0.29) is 11.3 Å². The number of carboxylic acid groups (broad SMARTS) is 1. The highest BCUT2D eigenvalue weighted by Crippen LogP contribution is 2.30. The first-order valence-electron chi connectivity index (χ1n) is 9.16. The Hall–Kier alpha value is -2.35. The summed E-state index contributed by atoms with van der Waals surface area (Å²) in [6.07, 6.45) is 0.693. The van der Waals surface area contributed by atoms with Crippen LogP contribution in [0.1, 0.15) is 15.9 Å². The summed E-state index contributed by atoms with van der Waals surface area (Å²) in [4.78, 5) is 16.0. The number of nitrogen functional groups attached to an aromatic ring is 1. The summed E-state index contributed by atoms with van der Waals surface area (Å²) < 4.78 is 5.86. The molecule has 0 spiro atoms. The number of halogens is 1. The summed E-state index contributed by atoms with van der Waals surface area (Å²) in [5.41, 5.74) is 6.88. The highest BCUT2D eigenvalue weighted by Gasteiger charge is 2.21. The number of benzene rings is 2. The van der Waals surface area contributed by atoms with E-state index < -0.39 is 5.97 Å². The highest BCUT2D eigenvalue weighted by molar-refractivity contribution is 7.13. The first-order valence-corrected chi connectivity index (χ1v) is 10.3. The molecule has 3 aromatic rings. The number of aromatic carboxylic acids is 1. The molecule has 0 unspecified atom stereocenters. The van der Waals surface area contributed by atoms with Crippen molar-refractivity contribution in [3.63, 3.8) is 0 Å². The van der Waals surface area contributed by atoms with Gasteiger partial charge in [-0.15, -0.1) is 0 Å². The van der Waals surface area contributed by atoms with Crippen molar-refractivity contribution in [2.24, 2.45) is 0 Å².